The summed E-state index contributed by atoms with van der Waals surface area (Å²) in [6.45, 7) is 0. The average Bonchev–Trinajstić information content (AvgIpc) is 3.18. The fraction of sp³-hybridized carbons (Fsp3) is 0.0476. The lowest BCUT2D eigenvalue weighted by atomic mass is 10.1. The molecule has 150 valence electrons. The summed E-state index contributed by atoms with van der Waals surface area (Å²) in [6.07, 6.45) is 1.47. The van der Waals surface area contributed by atoms with Crippen LogP contribution in [0.3, 0.4) is 0 Å². The third-order valence-corrected chi connectivity index (χ3v) is 6.33. The number of nitrogens with zero attached hydrogens (tertiary/aromatic N) is 2. The second-order valence-electron chi connectivity index (χ2n) is 6.15. The molecule has 0 unspecified atom stereocenters. The van der Waals surface area contributed by atoms with Gasteiger partial charge in [0.2, 0.25) is 5.91 Å². The van der Waals surface area contributed by atoms with E-state index in [2.05, 4.69) is 20.6 Å². The number of anilines is 1. The maximum Gasteiger partial charge on any atom is 0.325 e. The van der Waals surface area contributed by atoms with Crippen molar-refractivity contribution >= 4 is 62.5 Å². The predicted octanol–water partition coefficient (Wildman–Crippen LogP) is 5.45. The van der Waals surface area contributed by atoms with E-state index in [1.165, 1.54) is 29.4 Å². The maximum absolute atomic E-state index is 12.2. The first kappa shape index (κ1) is 20.3. The smallest absolute Gasteiger partial charge is 0.308 e. The van der Waals surface area contributed by atoms with Gasteiger partial charge in [-0.05, 0) is 18.2 Å². The number of carbonyl (C=O) groups excluding carboxylic acids is 2. The van der Waals surface area contributed by atoms with E-state index in [9.17, 15) is 9.59 Å². The maximum atomic E-state index is 12.2. The van der Waals surface area contributed by atoms with Gasteiger partial charge in [-0.3, -0.25) is 10.1 Å². The van der Waals surface area contributed by atoms with Gasteiger partial charge in [-0.1, -0.05) is 59.8 Å². The summed E-state index contributed by atoms with van der Waals surface area (Å²) < 4.78 is 0. The fourth-order valence-corrected chi connectivity index (χ4v) is 4.84. The molecule has 0 spiro atoms. The van der Waals surface area contributed by atoms with Gasteiger partial charge in [0.05, 0.1) is 11.1 Å². The van der Waals surface area contributed by atoms with Gasteiger partial charge < -0.3 is 5.32 Å². The number of benzene rings is 2. The Morgan fingerprint density at radius 3 is 2.57 bits per heavy atom. The van der Waals surface area contributed by atoms with Crippen LogP contribution in [0.25, 0.3) is 21.3 Å². The van der Waals surface area contributed by atoms with Gasteiger partial charge >= 0.3 is 6.03 Å². The molecule has 2 aromatic heterocycles. The molecule has 0 aliphatic rings. The zero-order valence-electron chi connectivity index (χ0n) is 15.5. The summed E-state index contributed by atoms with van der Waals surface area (Å²) in [7, 11) is 0. The molecule has 0 aliphatic carbocycles. The third kappa shape index (κ3) is 4.62. The number of hydrogen-bond acceptors (Lipinski definition) is 6. The molecule has 30 heavy (non-hydrogen) atoms. The quantitative estimate of drug-likeness (QED) is 0.309. The minimum absolute atomic E-state index is 0.0339. The number of imide groups is 1. The van der Waals surface area contributed by atoms with E-state index in [1.807, 2.05) is 35.7 Å². The molecule has 9 heteroatoms. The largest absolute Gasteiger partial charge is 0.325 e. The Kier molecular flexibility index (Phi) is 6.27. The minimum Gasteiger partial charge on any atom is -0.308 e. The van der Waals surface area contributed by atoms with Crippen LogP contribution in [0.1, 0.15) is 0 Å². The minimum atomic E-state index is -0.577. The van der Waals surface area contributed by atoms with Crippen molar-refractivity contribution in [3.8, 4) is 11.1 Å². The van der Waals surface area contributed by atoms with Crippen LogP contribution in [0.15, 0.2) is 71.3 Å². The van der Waals surface area contributed by atoms with Crippen molar-refractivity contribution in [3.63, 3.8) is 0 Å². The number of para-hydroxylation sites is 1. The van der Waals surface area contributed by atoms with E-state index in [0.29, 0.717) is 15.7 Å². The summed E-state index contributed by atoms with van der Waals surface area (Å²) in [6, 6.07) is 15.9. The zero-order chi connectivity index (χ0) is 20.9. The van der Waals surface area contributed by atoms with Gasteiger partial charge in [-0.2, -0.15) is 0 Å². The zero-order valence-corrected chi connectivity index (χ0v) is 17.9. The molecule has 0 fully saturated rings. The summed E-state index contributed by atoms with van der Waals surface area (Å²) in [5.74, 6) is -0.388. The van der Waals surface area contributed by atoms with E-state index >= 15 is 0 Å². The van der Waals surface area contributed by atoms with Gasteiger partial charge in [0.1, 0.15) is 16.2 Å². The topological polar surface area (TPSA) is 84.0 Å². The Labute approximate surface area is 185 Å². The van der Waals surface area contributed by atoms with Gasteiger partial charge in [-0.25, -0.2) is 14.8 Å². The highest BCUT2D eigenvalue weighted by Crippen LogP contribution is 2.40. The number of carbonyl (C=O) groups is 2. The highest BCUT2D eigenvalue weighted by Gasteiger charge is 2.17. The van der Waals surface area contributed by atoms with Crippen molar-refractivity contribution < 1.29 is 9.59 Å². The van der Waals surface area contributed by atoms with Crippen LogP contribution in [0.4, 0.5) is 10.5 Å². The third-order valence-electron chi connectivity index (χ3n) is 4.12. The number of thioether (sulfide) groups is 1. The number of amides is 3. The average molecular weight is 455 g/mol. The lowest BCUT2D eigenvalue weighted by Crippen LogP contribution is -2.35. The van der Waals surface area contributed by atoms with E-state index in [4.69, 9.17) is 11.6 Å². The van der Waals surface area contributed by atoms with Crippen LogP contribution >= 0.6 is 34.7 Å². The number of urea groups is 1. The van der Waals surface area contributed by atoms with E-state index in [0.717, 1.165) is 21.3 Å². The van der Waals surface area contributed by atoms with Crippen LogP contribution in [0, 0.1) is 0 Å². The van der Waals surface area contributed by atoms with Crippen molar-refractivity contribution in [1.82, 2.24) is 15.3 Å². The Morgan fingerprint density at radius 2 is 1.77 bits per heavy atom. The van der Waals surface area contributed by atoms with Gasteiger partial charge in [0.25, 0.3) is 0 Å². The van der Waals surface area contributed by atoms with E-state index < -0.39 is 11.9 Å². The van der Waals surface area contributed by atoms with Gasteiger partial charge in [0.15, 0.2) is 0 Å². The van der Waals surface area contributed by atoms with Crippen molar-refractivity contribution in [2.24, 2.45) is 0 Å². The second kappa shape index (κ2) is 9.25. The lowest BCUT2D eigenvalue weighted by Gasteiger charge is -2.08. The van der Waals surface area contributed by atoms with Crippen molar-refractivity contribution in [2.45, 2.75) is 5.03 Å². The Bertz CT molecular complexity index is 1210. The first-order valence-electron chi connectivity index (χ1n) is 8.87. The van der Waals surface area contributed by atoms with Crippen LogP contribution in [-0.2, 0) is 4.79 Å². The summed E-state index contributed by atoms with van der Waals surface area (Å²) in [5.41, 5.74) is 2.41. The highest BCUT2D eigenvalue weighted by atomic mass is 35.5. The number of aromatic nitrogens is 2. The number of fused-ring (bicyclic) bond motifs is 1. The molecule has 0 aliphatic heterocycles. The van der Waals surface area contributed by atoms with Crippen LogP contribution < -0.4 is 10.6 Å². The molecule has 2 aromatic carbocycles. The Morgan fingerprint density at radius 1 is 1.00 bits per heavy atom. The molecular formula is C21H15ClN4O2S2. The number of rotatable bonds is 5. The van der Waals surface area contributed by atoms with Crippen molar-refractivity contribution in [2.75, 3.05) is 11.1 Å². The van der Waals surface area contributed by atoms with Crippen LogP contribution in [-0.4, -0.2) is 27.7 Å². The molecular weight excluding hydrogens is 440 g/mol. The molecule has 2 heterocycles. The first-order chi connectivity index (χ1) is 14.6. The Hall–Kier alpha value is -2.94. The number of nitrogens with one attached hydrogen (secondary N) is 2. The molecule has 4 aromatic rings. The van der Waals surface area contributed by atoms with Gasteiger partial charge in [-0.15, -0.1) is 11.3 Å². The standard InChI is InChI=1S/C21H15ClN4O2S2/c22-16-9-5-4-8-14(16)15-10-29-19-18(15)20(24-12-23-19)30-11-17(27)26-21(28)25-13-6-2-1-3-7-13/h1-10,12H,11H2,(H2,25,26,27,28). The monoisotopic (exact) mass is 454 g/mol. The van der Waals surface area contributed by atoms with E-state index in [1.54, 1.807) is 24.3 Å². The highest BCUT2D eigenvalue weighted by molar-refractivity contribution is 8.00. The molecule has 0 bridgehead atoms. The molecule has 2 N–H and O–H groups in total. The Balaban J connectivity index is 1.48. The number of thiophene rings is 1. The van der Waals surface area contributed by atoms with Crippen LogP contribution in [0.5, 0.6) is 0 Å². The van der Waals surface area contributed by atoms with Crippen molar-refractivity contribution in [3.05, 3.63) is 71.3 Å². The second-order valence-corrected chi connectivity index (χ2v) is 8.37. The fourth-order valence-electron chi connectivity index (χ4n) is 2.82. The van der Waals surface area contributed by atoms with Gasteiger partial charge in [0, 0.05) is 27.2 Å². The van der Waals surface area contributed by atoms with Crippen LogP contribution in [0.2, 0.25) is 5.02 Å². The predicted molar refractivity (Wildman–Crippen MR) is 122 cm³/mol. The SMILES string of the molecule is O=C(CSc1ncnc2scc(-c3ccccc3Cl)c12)NC(=O)Nc1ccccc1. The molecule has 0 atom stereocenters. The molecule has 0 saturated heterocycles. The van der Waals surface area contributed by atoms with Crippen molar-refractivity contribution in [1.29, 1.82) is 0 Å². The molecule has 0 saturated carbocycles. The number of halogens is 1. The molecule has 4 rings (SSSR count). The summed E-state index contributed by atoms with van der Waals surface area (Å²) >= 11 is 9.10. The normalized spacial score (nSPS) is 10.7. The first-order valence-corrected chi connectivity index (χ1v) is 11.1. The van der Waals surface area contributed by atoms with E-state index in [-0.39, 0.29) is 5.75 Å². The summed E-state index contributed by atoms with van der Waals surface area (Å²) in [4.78, 5) is 33.7. The molecule has 0 radical (unpaired) electrons. The molecule has 6 nitrogen and oxygen atoms in total. The number of hydrogen-bond donors (Lipinski definition) is 2. The summed E-state index contributed by atoms with van der Waals surface area (Å²) in [5, 5.41) is 9.07. The lowest BCUT2D eigenvalue weighted by molar-refractivity contribution is -0.117. The molecule has 3 amide bonds.